The minimum absolute atomic E-state index is 0.176. The molecule has 0 saturated carbocycles. The molecular formula is C14H15Cl2N5O. The number of aromatic nitrogens is 4. The van der Waals surface area contributed by atoms with Crippen molar-refractivity contribution in [3.63, 3.8) is 0 Å². The fourth-order valence-electron chi connectivity index (χ4n) is 2.52. The molecule has 1 aromatic heterocycles. The second-order valence-electron chi connectivity index (χ2n) is 5.25. The second kappa shape index (κ2) is 6.62. The maximum atomic E-state index is 12.5. The van der Waals surface area contributed by atoms with E-state index in [-0.39, 0.29) is 6.03 Å². The molecule has 0 bridgehead atoms. The van der Waals surface area contributed by atoms with Crippen molar-refractivity contribution in [2.24, 2.45) is 0 Å². The van der Waals surface area contributed by atoms with Crippen molar-refractivity contribution < 1.29 is 4.79 Å². The second-order valence-corrected chi connectivity index (χ2v) is 6.09. The van der Waals surface area contributed by atoms with Crippen LogP contribution in [-0.4, -0.2) is 44.2 Å². The van der Waals surface area contributed by atoms with E-state index in [1.807, 2.05) is 6.07 Å². The van der Waals surface area contributed by atoms with Gasteiger partial charge < -0.3 is 4.90 Å². The largest absolute Gasteiger partial charge is 0.347 e. The van der Waals surface area contributed by atoms with Crippen molar-refractivity contribution in [3.8, 4) is 0 Å². The summed E-state index contributed by atoms with van der Waals surface area (Å²) in [4.78, 5) is 14.3. The molecule has 1 aromatic carbocycles. The average Bonchev–Trinajstić information content (AvgIpc) is 2.98. The highest BCUT2D eigenvalue weighted by molar-refractivity contribution is 6.35. The van der Waals surface area contributed by atoms with Crippen molar-refractivity contribution in [2.45, 2.75) is 25.7 Å². The van der Waals surface area contributed by atoms with Gasteiger partial charge in [0.15, 0.2) is 5.82 Å². The van der Waals surface area contributed by atoms with Gasteiger partial charge in [-0.05, 0) is 47.4 Å². The summed E-state index contributed by atoms with van der Waals surface area (Å²) in [5.41, 5.74) is 0.827. The Kier molecular flexibility index (Phi) is 4.59. The van der Waals surface area contributed by atoms with Gasteiger partial charge in [0, 0.05) is 29.6 Å². The van der Waals surface area contributed by atoms with E-state index in [0.717, 1.165) is 37.9 Å². The Hall–Kier alpha value is -1.66. The molecule has 0 spiro atoms. The number of nitrogens with zero attached hydrogens (tertiary/aromatic N) is 5. The number of halogens is 2. The Morgan fingerprint density at radius 1 is 1.18 bits per heavy atom. The number of hydrogen-bond acceptors (Lipinski definition) is 4. The molecule has 3 rings (SSSR count). The Morgan fingerprint density at radius 3 is 2.68 bits per heavy atom. The van der Waals surface area contributed by atoms with Gasteiger partial charge in [-0.1, -0.05) is 29.3 Å². The zero-order chi connectivity index (χ0) is 15.5. The van der Waals surface area contributed by atoms with Gasteiger partial charge in [-0.2, -0.15) is 0 Å². The Bertz CT molecular complexity index is 682. The predicted octanol–water partition coefficient (Wildman–Crippen LogP) is 3.02. The summed E-state index contributed by atoms with van der Waals surface area (Å²) in [6.45, 7) is 1.50. The van der Waals surface area contributed by atoms with E-state index in [9.17, 15) is 4.79 Å². The van der Waals surface area contributed by atoms with Crippen LogP contribution in [-0.2, 0) is 6.42 Å². The number of amides is 1. The van der Waals surface area contributed by atoms with Crippen LogP contribution in [0.4, 0.5) is 4.79 Å². The average molecular weight is 340 g/mol. The fourth-order valence-corrected chi connectivity index (χ4v) is 2.99. The van der Waals surface area contributed by atoms with Crippen molar-refractivity contribution >= 4 is 29.2 Å². The lowest BCUT2D eigenvalue weighted by atomic mass is 10.1. The lowest BCUT2D eigenvalue weighted by molar-refractivity contribution is 0.183. The molecule has 116 valence electrons. The molecule has 0 N–H and O–H groups in total. The molecular weight excluding hydrogens is 325 g/mol. The number of benzene rings is 1. The zero-order valence-corrected chi connectivity index (χ0v) is 13.4. The molecule has 0 unspecified atom stereocenters. The molecule has 2 aromatic rings. The number of likely N-dealkylation sites (tertiary alicyclic amines) is 1. The smallest absolute Gasteiger partial charge is 0.323 e. The van der Waals surface area contributed by atoms with Gasteiger partial charge in [0.1, 0.15) is 0 Å². The molecule has 2 heterocycles. The molecule has 0 aliphatic carbocycles. The predicted molar refractivity (Wildman–Crippen MR) is 83.3 cm³/mol. The van der Waals surface area contributed by atoms with Crippen LogP contribution in [0.3, 0.4) is 0 Å². The molecule has 22 heavy (non-hydrogen) atoms. The van der Waals surface area contributed by atoms with Gasteiger partial charge in [0.05, 0.1) is 0 Å². The quantitative estimate of drug-likeness (QED) is 0.789. The molecule has 8 heteroatoms. The van der Waals surface area contributed by atoms with Gasteiger partial charge in [-0.3, -0.25) is 0 Å². The molecule has 0 radical (unpaired) electrons. The van der Waals surface area contributed by atoms with Gasteiger partial charge in [-0.25, -0.2) is 4.79 Å². The molecule has 1 fully saturated rings. The summed E-state index contributed by atoms with van der Waals surface area (Å²) in [7, 11) is 0. The summed E-state index contributed by atoms with van der Waals surface area (Å²) in [5.74, 6) is 0.472. The summed E-state index contributed by atoms with van der Waals surface area (Å²) in [6.07, 6.45) is 3.58. The normalized spacial score (nSPS) is 15.1. The van der Waals surface area contributed by atoms with Crippen LogP contribution < -0.4 is 0 Å². The highest BCUT2D eigenvalue weighted by atomic mass is 35.5. The standard InChI is InChI=1S/C14H15Cl2N5O/c15-11-5-4-10(12(16)9-11)8-13-17-18-19-21(13)14(22)20-6-2-1-3-7-20/h4-5,9H,1-3,6-8H2. The monoisotopic (exact) mass is 339 g/mol. The maximum Gasteiger partial charge on any atom is 0.347 e. The van der Waals surface area contributed by atoms with Crippen molar-refractivity contribution in [1.82, 2.24) is 25.1 Å². The van der Waals surface area contributed by atoms with E-state index < -0.39 is 0 Å². The van der Waals surface area contributed by atoms with Crippen LogP contribution in [0.2, 0.25) is 10.0 Å². The van der Waals surface area contributed by atoms with E-state index in [0.29, 0.717) is 22.3 Å². The number of rotatable bonds is 2. The molecule has 1 aliphatic rings. The summed E-state index contributed by atoms with van der Waals surface area (Å²) >= 11 is 12.1. The molecule has 1 aliphatic heterocycles. The van der Waals surface area contributed by atoms with Gasteiger partial charge in [0.25, 0.3) is 0 Å². The summed E-state index contributed by atoms with van der Waals surface area (Å²) < 4.78 is 1.26. The topological polar surface area (TPSA) is 63.9 Å². The number of piperidine rings is 1. The van der Waals surface area contributed by atoms with Gasteiger partial charge >= 0.3 is 6.03 Å². The van der Waals surface area contributed by atoms with Crippen LogP contribution >= 0.6 is 23.2 Å². The lowest BCUT2D eigenvalue weighted by Crippen LogP contribution is -2.39. The first-order chi connectivity index (χ1) is 10.6. The van der Waals surface area contributed by atoms with Crippen LogP contribution in [0.5, 0.6) is 0 Å². The van der Waals surface area contributed by atoms with E-state index in [4.69, 9.17) is 23.2 Å². The Morgan fingerprint density at radius 2 is 1.95 bits per heavy atom. The van der Waals surface area contributed by atoms with E-state index in [1.54, 1.807) is 17.0 Å². The third kappa shape index (κ3) is 3.23. The van der Waals surface area contributed by atoms with Crippen LogP contribution in [0.25, 0.3) is 0 Å². The third-order valence-electron chi connectivity index (χ3n) is 3.71. The van der Waals surface area contributed by atoms with Crippen molar-refractivity contribution in [3.05, 3.63) is 39.6 Å². The Labute approximate surface area is 138 Å². The first-order valence-electron chi connectivity index (χ1n) is 7.15. The zero-order valence-electron chi connectivity index (χ0n) is 11.9. The van der Waals surface area contributed by atoms with Crippen LogP contribution in [0, 0.1) is 0 Å². The van der Waals surface area contributed by atoms with E-state index >= 15 is 0 Å². The molecule has 1 saturated heterocycles. The highest BCUT2D eigenvalue weighted by Gasteiger charge is 2.22. The highest BCUT2D eigenvalue weighted by Crippen LogP contribution is 2.23. The number of tetrazole rings is 1. The molecule has 1 amide bonds. The van der Waals surface area contributed by atoms with Crippen LogP contribution in [0.15, 0.2) is 18.2 Å². The Balaban J connectivity index is 1.81. The maximum absolute atomic E-state index is 12.5. The minimum atomic E-state index is -0.176. The number of carbonyl (C=O) groups is 1. The van der Waals surface area contributed by atoms with Gasteiger partial charge in [0.2, 0.25) is 0 Å². The fraction of sp³-hybridized carbons (Fsp3) is 0.429. The summed E-state index contributed by atoms with van der Waals surface area (Å²) in [5, 5.41) is 12.5. The number of carbonyl (C=O) groups excluding carboxylic acids is 1. The van der Waals surface area contributed by atoms with Crippen molar-refractivity contribution in [2.75, 3.05) is 13.1 Å². The lowest BCUT2D eigenvalue weighted by Gasteiger charge is -2.26. The number of hydrogen-bond donors (Lipinski definition) is 0. The molecule has 0 atom stereocenters. The first kappa shape index (κ1) is 15.2. The van der Waals surface area contributed by atoms with E-state index in [1.165, 1.54) is 4.68 Å². The van der Waals surface area contributed by atoms with Crippen LogP contribution in [0.1, 0.15) is 30.7 Å². The third-order valence-corrected chi connectivity index (χ3v) is 4.29. The SMILES string of the molecule is O=C(N1CCCCC1)n1nnnc1Cc1ccc(Cl)cc1Cl. The first-order valence-corrected chi connectivity index (χ1v) is 7.91. The van der Waals surface area contributed by atoms with Gasteiger partial charge in [-0.15, -0.1) is 9.78 Å². The van der Waals surface area contributed by atoms with E-state index in [2.05, 4.69) is 15.5 Å². The molecule has 6 nitrogen and oxygen atoms in total. The summed E-state index contributed by atoms with van der Waals surface area (Å²) in [6, 6.07) is 5.06. The van der Waals surface area contributed by atoms with Crippen molar-refractivity contribution in [1.29, 1.82) is 0 Å². The minimum Gasteiger partial charge on any atom is -0.323 e.